The normalized spacial score (nSPS) is 18.4. The Morgan fingerprint density at radius 1 is 1.41 bits per heavy atom. The van der Waals surface area contributed by atoms with Crippen LogP contribution in [0.25, 0.3) is 0 Å². The average molecular weight is 348 g/mol. The van der Waals surface area contributed by atoms with Crippen LogP contribution >= 0.6 is 18.2 Å². The third kappa shape index (κ3) is 4.18. The van der Waals surface area contributed by atoms with Crippen molar-refractivity contribution < 1.29 is 22.7 Å². The SMILES string of the molecule is CCCSP(=O)(OCC)Oc1cc(F)cc2c1OC(C)(C)C2. The van der Waals surface area contributed by atoms with Crippen LogP contribution < -0.4 is 9.26 Å². The molecule has 0 saturated carbocycles. The fraction of sp³-hybridized carbons (Fsp3) is 0.600. The maximum Gasteiger partial charge on any atom is 0.440 e. The Hall–Kier alpha value is -0.710. The molecule has 0 spiro atoms. The molecule has 1 aliphatic heterocycles. The lowest BCUT2D eigenvalue weighted by atomic mass is 10.0. The first kappa shape index (κ1) is 17.6. The minimum absolute atomic E-state index is 0.154. The molecule has 0 bridgehead atoms. The summed E-state index contributed by atoms with van der Waals surface area (Å²) in [6.07, 6.45) is 1.42. The van der Waals surface area contributed by atoms with Gasteiger partial charge in [0.2, 0.25) is 0 Å². The van der Waals surface area contributed by atoms with Gasteiger partial charge in [-0.05, 0) is 44.6 Å². The lowest BCUT2D eigenvalue weighted by Crippen LogP contribution is -2.24. The lowest BCUT2D eigenvalue weighted by Gasteiger charge is -2.21. The van der Waals surface area contributed by atoms with E-state index in [1.165, 1.54) is 12.1 Å². The first-order chi connectivity index (χ1) is 10.3. The molecule has 1 unspecified atom stereocenters. The fourth-order valence-electron chi connectivity index (χ4n) is 2.28. The van der Waals surface area contributed by atoms with E-state index in [0.29, 0.717) is 17.9 Å². The van der Waals surface area contributed by atoms with Crippen molar-refractivity contribution in [3.63, 3.8) is 0 Å². The number of fused-ring (bicyclic) bond motifs is 1. The largest absolute Gasteiger partial charge is 0.483 e. The molecule has 7 heteroatoms. The number of benzene rings is 1. The fourth-order valence-corrected chi connectivity index (χ4v) is 5.72. The van der Waals surface area contributed by atoms with Crippen LogP contribution in [0, 0.1) is 5.82 Å². The van der Waals surface area contributed by atoms with Gasteiger partial charge in [0.15, 0.2) is 11.5 Å². The molecule has 1 aliphatic rings. The maximum absolute atomic E-state index is 13.8. The third-order valence-corrected chi connectivity index (χ3v) is 6.98. The minimum atomic E-state index is -3.38. The van der Waals surface area contributed by atoms with E-state index in [2.05, 4.69) is 0 Å². The van der Waals surface area contributed by atoms with Crippen LogP contribution in [-0.2, 0) is 15.5 Å². The highest BCUT2D eigenvalue weighted by Crippen LogP contribution is 2.62. The molecule has 0 aliphatic carbocycles. The highest BCUT2D eigenvalue weighted by Gasteiger charge is 2.36. The molecule has 2 rings (SSSR count). The van der Waals surface area contributed by atoms with Gasteiger partial charge < -0.3 is 9.26 Å². The second-order valence-electron chi connectivity index (χ2n) is 5.72. The van der Waals surface area contributed by atoms with Crippen LogP contribution in [0.1, 0.15) is 39.7 Å². The summed E-state index contributed by atoms with van der Waals surface area (Å²) in [6.45, 7) is 4.45. The van der Waals surface area contributed by atoms with Gasteiger partial charge in [0, 0.05) is 23.8 Å². The Morgan fingerprint density at radius 2 is 2.14 bits per heavy atom. The summed E-state index contributed by atoms with van der Waals surface area (Å²) in [7, 11) is 0. The van der Waals surface area contributed by atoms with Crippen molar-refractivity contribution in [1.29, 1.82) is 0 Å². The monoisotopic (exact) mass is 348 g/mol. The zero-order chi connectivity index (χ0) is 16.4. The Bertz CT molecular complexity index is 591. The zero-order valence-corrected chi connectivity index (χ0v) is 15.1. The molecule has 0 radical (unpaired) electrons. The first-order valence-corrected chi connectivity index (χ1v) is 10.5. The number of halogens is 1. The van der Waals surface area contributed by atoms with E-state index in [9.17, 15) is 8.96 Å². The van der Waals surface area contributed by atoms with E-state index < -0.39 is 18.2 Å². The van der Waals surface area contributed by atoms with Crippen LogP contribution in [0.3, 0.4) is 0 Å². The third-order valence-electron chi connectivity index (χ3n) is 3.04. The highest BCUT2D eigenvalue weighted by atomic mass is 32.7. The predicted molar refractivity (Wildman–Crippen MR) is 87.4 cm³/mol. The van der Waals surface area contributed by atoms with Gasteiger partial charge in [-0.1, -0.05) is 6.92 Å². The van der Waals surface area contributed by atoms with Crippen LogP contribution in [0.5, 0.6) is 11.5 Å². The van der Waals surface area contributed by atoms with Gasteiger partial charge in [0.1, 0.15) is 11.4 Å². The summed E-state index contributed by atoms with van der Waals surface area (Å²) < 4.78 is 43.3. The van der Waals surface area contributed by atoms with Crippen LogP contribution in [0.2, 0.25) is 0 Å². The summed E-state index contributed by atoms with van der Waals surface area (Å²) in [5, 5.41) is 0. The first-order valence-electron chi connectivity index (χ1n) is 7.39. The van der Waals surface area contributed by atoms with Gasteiger partial charge in [-0.15, -0.1) is 0 Å². The van der Waals surface area contributed by atoms with E-state index in [1.807, 2.05) is 20.8 Å². The van der Waals surface area contributed by atoms with Crippen molar-refractivity contribution in [1.82, 2.24) is 0 Å². The predicted octanol–water partition coefficient (Wildman–Crippen LogP) is 5.21. The minimum Gasteiger partial charge on any atom is -0.483 e. The van der Waals surface area contributed by atoms with Gasteiger partial charge >= 0.3 is 6.80 Å². The molecule has 0 N–H and O–H groups in total. The molecule has 22 heavy (non-hydrogen) atoms. The Labute approximate surface area is 135 Å². The van der Waals surface area contributed by atoms with Crippen molar-refractivity contribution >= 4 is 18.2 Å². The lowest BCUT2D eigenvalue weighted by molar-refractivity contribution is 0.135. The van der Waals surface area contributed by atoms with Gasteiger partial charge in [-0.3, -0.25) is 4.52 Å². The van der Waals surface area contributed by atoms with Crippen LogP contribution in [-0.4, -0.2) is 18.0 Å². The van der Waals surface area contributed by atoms with Crippen molar-refractivity contribution in [2.24, 2.45) is 0 Å². The van der Waals surface area contributed by atoms with Crippen LogP contribution in [0.15, 0.2) is 12.1 Å². The molecule has 1 aromatic carbocycles. The van der Waals surface area contributed by atoms with E-state index in [4.69, 9.17) is 13.8 Å². The maximum atomic E-state index is 13.8. The van der Waals surface area contributed by atoms with E-state index in [-0.39, 0.29) is 12.4 Å². The number of hydrogen-bond donors (Lipinski definition) is 0. The second-order valence-corrected chi connectivity index (χ2v) is 9.84. The van der Waals surface area contributed by atoms with E-state index >= 15 is 0 Å². The van der Waals surface area contributed by atoms with Crippen LogP contribution in [0.4, 0.5) is 4.39 Å². The van der Waals surface area contributed by atoms with Crippen molar-refractivity contribution in [3.8, 4) is 11.5 Å². The Balaban J connectivity index is 2.31. The summed E-state index contributed by atoms with van der Waals surface area (Å²) in [5.41, 5.74) is 0.295. The number of rotatable bonds is 7. The van der Waals surface area contributed by atoms with Crippen molar-refractivity contribution in [2.45, 2.75) is 46.1 Å². The molecular weight excluding hydrogens is 326 g/mol. The topological polar surface area (TPSA) is 44.8 Å². The van der Waals surface area contributed by atoms with Crippen molar-refractivity contribution in [2.75, 3.05) is 12.4 Å². The molecule has 1 heterocycles. The molecule has 0 saturated heterocycles. The Morgan fingerprint density at radius 3 is 2.77 bits per heavy atom. The molecule has 0 aromatic heterocycles. The molecule has 0 fully saturated rings. The number of ether oxygens (including phenoxy) is 1. The van der Waals surface area contributed by atoms with Gasteiger partial charge in [-0.2, -0.15) is 0 Å². The average Bonchev–Trinajstić information content (AvgIpc) is 2.71. The van der Waals surface area contributed by atoms with Gasteiger partial charge in [-0.25, -0.2) is 8.96 Å². The van der Waals surface area contributed by atoms with Crippen molar-refractivity contribution in [3.05, 3.63) is 23.5 Å². The highest BCUT2D eigenvalue weighted by molar-refractivity contribution is 8.55. The molecule has 4 nitrogen and oxygen atoms in total. The van der Waals surface area contributed by atoms with Gasteiger partial charge in [0.05, 0.1) is 6.61 Å². The zero-order valence-electron chi connectivity index (χ0n) is 13.3. The number of hydrogen-bond acceptors (Lipinski definition) is 5. The molecule has 1 atom stereocenters. The summed E-state index contributed by atoms with van der Waals surface area (Å²) in [6, 6.07) is 2.64. The quantitative estimate of drug-likeness (QED) is 0.633. The van der Waals surface area contributed by atoms with Gasteiger partial charge in [0.25, 0.3) is 0 Å². The summed E-state index contributed by atoms with van der Waals surface area (Å²) >= 11 is 1.13. The van der Waals surface area contributed by atoms with E-state index in [0.717, 1.165) is 23.4 Å². The molecular formula is C15H22FO4PS. The Kier molecular flexibility index (Phi) is 5.46. The summed E-state index contributed by atoms with van der Waals surface area (Å²) in [4.78, 5) is 0. The van der Waals surface area contributed by atoms with E-state index in [1.54, 1.807) is 6.92 Å². The molecule has 1 aromatic rings. The second kappa shape index (κ2) is 6.81. The molecule has 0 amide bonds. The standard InChI is InChI=1S/C15H22FO4PS/c1-5-7-22-21(17,18-6-2)20-13-9-12(16)8-11-10-15(3,4)19-14(11)13/h8-9H,5-7,10H2,1-4H3. The smallest absolute Gasteiger partial charge is 0.440 e. The molecule has 124 valence electrons. The summed E-state index contributed by atoms with van der Waals surface area (Å²) in [5.74, 6) is 0.823.